The van der Waals surface area contributed by atoms with Crippen molar-refractivity contribution in [3.05, 3.63) is 59.3 Å². The second-order valence-corrected chi connectivity index (χ2v) is 8.50. The fraction of sp³-hybridized carbons (Fsp3) is 0.417. The molecule has 1 atom stereocenters. The number of aromatic nitrogens is 4. The Morgan fingerprint density at radius 3 is 2.43 bits per heavy atom. The number of anilines is 3. The fourth-order valence-corrected chi connectivity index (χ4v) is 4.11. The lowest BCUT2D eigenvalue weighted by Gasteiger charge is -2.42. The van der Waals surface area contributed by atoms with Crippen LogP contribution in [0.3, 0.4) is 0 Å². The topological polar surface area (TPSA) is 79.2 Å². The molecule has 0 saturated carbocycles. The summed E-state index contributed by atoms with van der Waals surface area (Å²) < 4.78 is 41.6. The Bertz CT molecular complexity index is 1190. The van der Waals surface area contributed by atoms with E-state index in [1.54, 1.807) is 30.5 Å². The number of nitrogens with zero attached hydrogens (tertiary/aromatic N) is 6. The van der Waals surface area contributed by atoms with Crippen LogP contribution in [0.25, 0.3) is 0 Å². The first-order valence-electron chi connectivity index (χ1n) is 11.0. The number of carbonyl (C=O) groups excluding carboxylic acids is 1. The molecule has 188 valence electrons. The minimum atomic E-state index is -1.49. The van der Waals surface area contributed by atoms with E-state index >= 15 is 0 Å². The summed E-state index contributed by atoms with van der Waals surface area (Å²) in [6.07, 6.45) is 5.62. The predicted molar refractivity (Wildman–Crippen MR) is 129 cm³/mol. The van der Waals surface area contributed by atoms with Gasteiger partial charge in [-0.3, -0.25) is 9.48 Å². The summed E-state index contributed by atoms with van der Waals surface area (Å²) in [5.41, 5.74) is 1.71. The highest BCUT2D eigenvalue weighted by Gasteiger charge is 2.38. The van der Waals surface area contributed by atoms with Crippen LogP contribution in [0.2, 0.25) is 0 Å². The standard InChI is InChI=1S/C23H26F3N7O.CH4/c1-5-18-22(34)31(4)19-10-28-23(30-21(19)33(18)13(2)3)27-8-15-9-29-32(12-15)11-14-6-16(24)20(26)17(25)7-14;/h6-7,9-10,12-13,18H,5,8,11H2,1-4H3,(H,27,28,30);1H4/t18-;/m1./s1. The molecule has 3 aromatic rings. The molecule has 2 aromatic heterocycles. The molecular weight excluding hydrogens is 459 g/mol. The SMILES string of the molecule is C.CC[C@@H]1C(=O)N(C)c2cnc(NCc3cnn(Cc4cc(F)c(F)c(F)c4)c3)nc2N1C(C)C. The molecule has 1 amide bonds. The molecular formula is C24H30F3N7O. The van der Waals surface area contributed by atoms with Crippen molar-refractivity contribution in [3.8, 4) is 0 Å². The molecule has 4 rings (SSSR count). The Labute approximate surface area is 202 Å². The maximum absolute atomic E-state index is 13.5. The number of hydrogen-bond acceptors (Lipinski definition) is 6. The van der Waals surface area contributed by atoms with E-state index in [1.807, 2.05) is 25.7 Å². The van der Waals surface area contributed by atoms with Gasteiger partial charge in [0.1, 0.15) is 11.7 Å². The van der Waals surface area contributed by atoms with Gasteiger partial charge in [-0.25, -0.2) is 18.2 Å². The number of rotatable bonds is 7. The zero-order valence-electron chi connectivity index (χ0n) is 19.4. The third kappa shape index (κ3) is 5.08. The first kappa shape index (κ1) is 26.0. The number of halogens is 3. The highest BCUT2D eigenvalue weighted by atomic mass is 19.2. The number of benzene rings is 1. The molecule has 0 bridgehead atoms. The summed E-state index contributed by atoms with van der Waals surface area (Å²) in [5.74, 6) is -2.85. The molecule has 0 aliphatic carbocycles. The normalized spacial score (nSPS) is 15.3. The number of fused-ring (bicyclic) bond motifs is 1. The van der Waals surface area contributed by atoms with Crippen LogP contribution in [0.15, 0.2) is 30.7 Å². The van der Waals surface area contributed by atoms with Gasteiger partial charge in [-0.1, -0.05) is 14.4 Å². The summed E-state index contributed by atoms with van der Waals surface area (Å²) in [4.78, 5) is 25.4. The van der Waals surface area contributed by atoms with Crippen LogP contribution >= 0.6 is 0 Å². The van der Waals surface area contributed by atoms with E-state index in [-0.39, 0.29) is 37.5 Å². The molecule has 35 heavy (non-hydrogen) atoms. The molecule has 11 heteroatoms. The van der Waals surface area contributed by atoms with Crippen LogP contribution in [0, 0.1) is 17.5 Å². The largest absolute Gasteiger partial charge is 0.350 e. The Hall–Kier alpha value is -3.63. The van der Waals surface area contributed by atoms with Crippen LogP contribution in [-0.4, -0.2) is 44.8 Å². The highest BCUT2D eigenvalue weighted by molar-refractivity contribution is 6.04. The zero-order chi connectivity index (χ0) is 24.6. The van der Waals surface area contributed by atoms with E-state index < -0.39 is 17.5 Å². The molecule has 1 N–H and O–H groups in total. The zero-order valence-corrected chi connectivity index (χ0v) is 19.4. The van der Waals surface area contributed by atoms with Gasteiger partial charge in [-0.05, 0) is 38.0 Å². The minimum absolute atomic E-state index is 0. The van der Waals surface area contributed by atoms with Crippen LogP contribution in [0.1, 0.15) is 45.7 Å². The molecule has 0 spiro atoms. The molecule has 1 aliphatic heterocycles. The van der Waals surface area contributed by atoms with Crippen LogP contribution in [0.5, 0.6) is 0 Å². The summed E-state index contributed by atoms with van der Waals surface area (Å²) in [6.45, 7) is 6.47. The number of likely N-dealkylation sites (N-methyl/N-ethyl adjacent to an activating group) is 1. The number of hydrogen-bond donors (Lipinski definition) is 1. The average molecular weight is 490 g/mol. The molecule has 0 saturated heterocycles. The lowest BCUT2D eigenvalue weighted by Crippen LogP contribution is -2.54. The predicted octanol–water partition coefficient (Wildman–Crippen LogP) is 4.36. The molecule has 0 fully saturated rings. The first-order valence-corrected chi connectivity index (χ1v) is 11.0. The maximum Gasteiger partial charge on any atom is 0.249 e. The number of amides is 1. The quantitative estimate of drug-likeness (QED) is 0.497. The summed E-state index contributed by atoms with van der Waals surface area (Å²) in [6, 6.07) is 1.68. The van der Waals surface area contributed by atoms with Crippen molar-refractivity contribution in [2.75, 3.05) is 22.2 Å². The summed E-state index contributed by atoms with van der Waals surface area (Å²) in [7, 11) is 1.73. The lowest BCUT2D eigenvalue weighted by molar-refractivity contribution is -0.120. The van der Waals surface area contributed by atoms with Crippen molar-refractivity contribution in [2.45, 2.75) is 59.8 Å². The van der Waals surface area contributed by atoms with Crippen LogP contribution < -0.4 is 15.1 Å². The molecule has 3 heterocycles. The van der Waals surface area contributed by atoms with Crippen molar-refractivity contribution >= 4 is 23.4 Å². The summed E-state index contributed by atoms with van der Waals surface area (Å²) in [5, 5.41) is 7.35. The van der Waals surface area contributed by atoms with Crippen molar-refractivity contribution in [3.63, 3.8) is 0 Å². The van der Waals surface area contributed by atoms with Gasteiger partial charge in [0.15, 0.2) is 23.3 Å². The minimum Gasteiger partial charge on any atom is -0.350 e. The Kier molecular flexibility index (Phi) is 7.67. The van der Waals surface area contributed by atoms with E-state index in [0.29, 0.717) is 30.4 Å². The van der Waals surface area contributed by atoms with Gasteiger partial charge in [0.2, 0.25) is 11.9 Å². The molecule has 0 unspecified atom stereocenters. The average Bonchev–Trinajstić information content (AvgIpc) is 3.25. The molecule has 0 radical (unpaired) electrons. The highest BCUT2D eigenvalue weighted by Crippen LogP contribution is 2.36. The van der Waals surface area contributed by atoms with Gasteiger partial charge < -0.3 is 15.1 Å². The van der Waals surface area contributed by atoms with Crippen LogP contribution in [0.4, 0.5) is 30.6 Å². The van der Waals surface area contributed by atoms with E-state index in [4.69, 9.17) is 0 Å². The van der Waals surface area contributed by atoms with Crippen LogP contribution in [-0.2, 0) is 17.9 Å². The first-order chi connectivity index (χ1) is 16.2. The maximum atomic E-state index is 13.5. The lowest BCUT2D eigenvalue weighted by atomic mass is 10.1. The third-order valence-corrected chi connectivity index (χ3v) is 5.78. The Morgan fingerprint density at radius 1 is 1.11 bits per heavy atom. The van der Waals surface area contributed by atoms with Gasteiger partial charge in [-0.15, -0.1) is 0 Å². The van der Waals surface area contributed by atoms with E-state index in [2.05, 4.69) is 20.4 Å². The Morgan fingerprint density at radius 2 is 1.80 bits per heavy atom. The van der Waals surface area contributed by atoms with Crippen molar-refractivity contribution in [2.24, 2.45) is 0 Å². The van der Waals surface area contributed by atoms with Gasteiger partial charge in [0.05, 0.1) is 18.9 Å². The van der Waals surface area contributed by atoms with Crippen molar-refractivity contribution in [1.82, 2.24) is 19.7 Å². The van der Waals surface area contributed by atoms with E-state index in [0.717, 1.165) is 17.7 Å². The number of carbonyl (C=O) groups is 1. The Balaban J connectivity index is 0.00000342. The molecule has 1 aliphatic rings. The molecule has 1 aromatic carbocycles. The van der Waals surface area contributed by atoms with Gasteiger partial charge in [-0.2, -0.15) is 10.1 Å². The van der Waals surface area contributed by atoms with E-state index in [1.165, 1.54) is 4.68 Å². The summed E-state index contributed by atoms with van der Waals surface area (Å²) >= 11 is 0. The van der Waals surface area contributed by atoms with Gasteiger partial charge >= 0.3 is 0 Å². The monoisotopic (exact) mass is 489 g/mol. The van der Waals surface area contributed by atoms with Crippen molar-refractivity contribution in [1.29, 1.82) is 0 Å². The molecule has 8 nitrogen and oxygen atoms in total. The van der Waals surface area contributed by atoms with Gasteiger partial charge in [0.25, 0.3) is 0 Å². The smallest absolute Gasteiger partial charge is 0.249 e. The second kappa shape index (κ2) is 10.3. The second-order valence-electron chi connectivity index (χ2n) is 8.50. The fourth-order valence-electron chi connectivity index (χ4n) is 4.11. The van der Waals surface area contributed by atoms with E-state index in [9.17, 15) is 18.0 Å². The number of nitrogens with one attached hydrogen (secondary N) is 1. The van der Waals surface area contributed by atoms with Gasteiger partial charge in [0, 0.05) is 31.4 Å². The third-order valence-electron chi connectivity index (χ3n) is 5.78. The van der Waals surface area contributed by atoms with Crippen molar-refractivity contribution < 1.29 is 18.0 Å².